The maximum atomic E-state index is 12.2. The van der Waals surface area contributed by atoms with Gasteiger partial charge in [0, 0.05) is 0 Å². The van der Waals surface area contributed by atoms with E-state index in [1.165, 1.54) is 0 Å². The topological polar surface area (TPSA) is 93.1 Å². The van der Waals surface area contributed by atoms with Gasteiger partial charge < -0.3 is 10.6 Å². The summed E-state index contributed by atoms with van der Waals surface area (Å²) in [5.41, 5.74) is 1.42. The lowest BCUT2D eigenvalue weighted by Gasteiger charge is -2.23. The maximum Gasteiger partial charge on any atom is 0.319 e. The first kappa shape index (κ1) is 16.5. The second-order valence-corrected chi connectivity index (χ2v) is 8.57. The molecule has 1 saturated heterocycles. The number of aryl methyl sites for hydroxylation is 1. The molecule has 7 nitrogen and oxygen atoms in total. The first-order valence-electron chi connectivity index (χ1n) is 7.68. The molecule has 1 unspecified atom stereocenters. The molecule has 2 aromatic rings. The summed E-state index contributed by atoms with van der Waals surface area (Å²) in [4.78, 5) is 12.2. The highest BCUT2D eigenvalue weighted by Gasteiger charge is 2.39. The molecule has 0 radical (unpaired) electrons. The Bertz CT molecular complexity index is 861. The molecule has 1 aliphatic rings. The molecule has 1 aromatic heterocycles. The van der Waals surface area contributed by atoms with Crippen molar-refractivity contribution < 1.29 is 13.2 Å². The van der Waals surface area contributed by atoms with Crippen LogP contribution < -0.4 is 10.6 Å². The SMILES string of the molecule is Cc1nn(-c2ccccc2)cc1NC(=O)NC1(C)CCS(=O)(=O)C1. The number of hydrogen-bond acceptors (Lipinski definition) is 4. The quantitative estimate of drug-likeness (QED) is 0.886. The molecule has 8 heteroatoms. The van der Waals surface area contributed by atoms with E-state index in [1.807, 2.05) is 30.3 Å². The number of aromatic nitrogens is 2. The number of amides is 2. The Balaban J connectivity index is 1.70. The van der Waals surface area contributed by atoms with Crippen LogP contribution in [0.2, 0.25) is 0 Å². The van der Waals surface area contributed by atoms with E-state index < -0.39 is 21.4 Å². The number of carbonyl (C=O) groups excluding carboxylic acids is 1. The number of benzene rings is 1. The van der Waals surface area contributed by atoms with Crippen LogP contribution in [0.5, 0.6) is 0 Å². The molecule has 128 valence electrons. The first-order chi connectivity index (χ1) is 11.3. The van der Waals surface area contributed by atoms with Crippen molar-refractivity contribution in [3.05, 3.63) is 42.2 Å². The van der Waals surface area contributed by atoms with Gasteiger partial charge in [-0.1, -0.05) is 18.2 Å². The zero-order chi connectivity index (χ0) is 17.4. The van der Waals surface area contributed by atoms with Crippen molar-refractivity contribution in [3.63, 3.8) is 0 Å². The second-order valence-electron chi connectivity index (χ2n) is 6.39. The second kappa shape index (κ2) is 5.94. The van der Waals surface area contributed by atoms with E-state index in [0.29, 0.717) is 17.8 Å². The smallest absolute Gasteiger partial charge is 0.319 e. The molecule has 1 fully saturated rings. The van der Waals surface area contributed by atoms with Crippen LogP contribution in [0, 0.1) is 6.92 Å². The van der Waals surface area contributed by atoms with Crippen molar-refractivity contribution in [1.82, 2.24) is 15.1 Å². The third-order valence-electron chi connectivity index (χ3n) is 4.09. The summed E-state index contributed by atoms with van der Waals surface area (Å²) >= 11 is 0. The van der Waals surface area contributed by atoms with Crippen molar-refractivity contribution in [3.8, 4) is 5.69 Å². The number of carbonyl (C=O) groups is 1. The van der Waals surface area contributed by atoms with Crippen molar-refractivity contribution >= 4 is 21.6 Å². The molecule has 2 heterocycles. The van der Waals surface area contributed by atoms with Crippen molar-refractivity contribution in [2.75, 3.05) is 16.8 Å². The van der Waals surface area contributed by atoms with Crippen LogP contribution in [-0.2, 0) is 9.84 Å². The number of rotatable bonds is 3. The Labute approximate surface area is 141 Å². The zero-order valence-corrected chi connectivity index (χ0v) is 14.4. The van der Waals surface area contributed by atoms with E-state index in [-0.39, 0.29) is 11.5 Å². The van der Waals surface area contributed by atoms with Gasteiger partial charge in [0.05, 0.1) is 40.3 Å². The number of nitrogens with zero attached hydrogens (tertiary/aromatic N) is 2. The molecule has 1 aliphatic heterocycles. The van der Waals surface area contributed by atoms with Crippen LogP contribution in [0.3, 0.4) is 0 Å². The van der Waals surface area contributed by atoms with Crippen LogP contribution in [0.1, 0.15) is 19.0 Å². The highest BCUT2D eigenvalue weighted by atomic mass is 32.2. The fourth-order valence-electron chi connectivity index (χ4n) is 2.83. The molecule has 0 spiro atoms. The van der Waals surface area contributed by atoms with Crippen molar-refractivity contribution in [2.45, 2.75) is 25.8 Å². The van der Waals surface area contributed by atoms with Gasteiger partial charge in [-0.25, -0.2) is 17.9 Å². The zero-order valence-electron chi connectivity index (χ0n) is 13.6. The van der Waals surface area contributed by atoms with E-state index in [9.17, 15) is 13.2 Å². The molecule has 0 bridgehead atoms. The van der Waals surface area contributed by atoms with E-state index in [4.69, 9.17) is 0 Å². The molecule has 2 N–H and O–H groups in total. The molecule has 3 rings (SSSR count). The minimum absolute atomic E-state index is 0.0321. The Kier molecular flexibility index (Phi) is 4.08. The first-order valence-corrected chi connectivity index (χ1v) is 9.50. The standard InChI is InChI=1S/C16H20N4O3S/c1-12-14(10-20(19-12)13-6-4-3-5-7-13)17-15(21)18-16(2)8-9-24(22,23)11-16/h3-7,10H,8-9,11H2,1-2H3,(H2,17,18,21). The van der Waals surface area contributed by atoms with Crippen LogP contribution in [0.15, 0.2) is 36.5 Å². The lowest BCUT2D eigenvalue weighted by Crippen LogP contribution is -2.48. The summed E-state index contributed by atoms with van der Waals surface area (Å²) in [7, 11) is -3.07. The lowest BCUT2D eigenvalue weighted by molar-refractivity contribution is 0.242. The normalized spacial score (nSPS) is 22.2. The molecule has 1 aromatic carbocycles. The summed E-state index contributed by atoms with van der Waals surface area (Å²) < 4.78 is 24.9. The molecule has 2 amide bonds. The summed E-state index contributed by atoms with van der Waals surface area (Å²) in [6.07, 6.45) is 2.16. The highest BCUT2D eigenvalue weighted by molar-refractivity contribution is 7.91. The fraction of sp³-hybridized carbons (Fsp3) is 0.375. The number of nitrogens with one attached hydrogen (secondary N) is 2. The number of urea groups is 1. The number of hydrogen-bond donors (Lipinski definition) is 2. The van der Waals surface area contributed by atoms with Gasteiger partial charge in [0.2, 0.25) is 0 Å². The van der Waals surface area contributed by atoms with Gasteiger partial charge in [0.25, 0.3) is 0 Å². The van der Waals surface area contributed by atoms with Gasteiger partial charge >= 0.3 is 6.03 Å². The molecule has 0 saturated carbocycles. The van der Waals surface area contributed by atoms with Gasteiger partial charge in [-0.15, -0.1) is 0 Å². The van der Waals surface area contributed by atoms with E-state index in [0.717, 1.165) is 5.69 Å². The molecule has 1 atom stereocenters. The minimum Gasteiger partial charge on any atom is -0.332 e. The monoisotopic (exact) mass is 348 g/mol. The summed E-state index contributed by atoms with van der Waals surface area (Å²) in [5, 5.41) is 9.91. The Morgan fingerprint density at radius 3 is 2.62 bits per heavy atom. The predicted octanol–water partition coefficient (Wildman–Crippen LogP) is 1.88. The fourth-order valence-corrected chi connectivity index (χ4v) is 4.93. The summed E-state index contributed by atoms with van der Waals surface area (Å²) in [5.74, 6) is 0.0738. The van der Waals surface area contributed by atoms with Crippen LogP contribution >= 0.6 is 0 Å². The van der Waals surface area contributed by atoms with E-state index >= 15 is 0 Å². The molecular weight excluding hydrogens is 328 g/mol. The molecular formula is C16H20N4O3S. The van der Waals surface area contributed by atoms with Crippen molar-refractivity contribution in [2.24, 2.45) is 0 Å². The summed E-state index contributed by atoms with van der Waals surface area (Å²) in [6.45, 7) is 3.55. The van der Waals surface area contributed by atoms with Crippen LogP contribution in [0.25, 0.3) is 5.69 Å². The Morgan fingerprint density at radius 1 is 1.29 bits per heavy atom. The van der Waals surface area contributed by atoms with Crippen LogP contribution in [-0.4, -0.2) is 41.3 Å². The van der Waals surface area contributed by atoms with Gasteiger partial charge in [0.15, 0.2) is 9.84 Å². The number of anilines is 1. The number of sulfone groups is 1. The minimum atomic E-state index is -3.07. The van der Waals surface area contributed by atoms with Gasteiger partial charge in [-0.05, 0) is 32.4 Å². The highest BCUT2D eigenvalue weighted by Crippen LogP contribution is 2.23. The largest absolute Gasteiger partial charge is 0.332 e. The van der Waals surface area contributed by atoms with Gasteiger partial charge in [-0.3, -0.25) is 0 Å². The third kappa shape index (κ3) is 3.59. The van der Waals surface area contributed by atoms with Crippen LogP contribution in [0.4, 0.5) is 10.5 Å². The Hall–Kier alpha value is -2.35. The van der Waals surface area contributed by atoms with Gasteiger partial charge in [-0.2, -0.15) is 5.10 Å². The van der Waals surface area contributed by atoms with Gasteiger partial charge in [0.1, 0.15) is 0 Å². The lowest BCUT2D eigenvalue weighted by atomic mass is 10.0. The maximum absolute atomic E-state index is 12.2. The third-order valence-corrected chi connectivity index (χ3v) is 5.99. The predicted molar refractivity (Wildman–Crippen MR) is 92.1 cm³/mol. The van der Waals surface area contributed by atoms with E-state index in [2.05, 4.69) is 15.7 Å². The average Bonchev–Trinajstić information content (AvgIpc) is 2.99. The molecule has 0 aliphatic carbocycles. The Morgan fingerprint density at radius 2 is 2.00 bits per heavy atom. The van der Waals surface area contributed by atoms with Crippen molar-refractivity contribution in [1.29, 1.82) is 0 Å². The number of para-hydroxylation sites is 1. The summed E-state index contributed by atoms with van der Waals surface area (Å²) in [6, 6.07) is 9.15. The van der Waals surface area contributed by atoms with E-state index in [1.54, 1.807) is 24.7 Å². The molecule has 24 heavy (non-hydrogen) atoms. The average molecular weight is 348 g/mol.